The van der Waals surface area contributed by atoms with Gasteiger partial charge in [0.2, 0.25) is 0 Å². The Morgan fingerprint density at radius 2 is 1.94 bits per heavy atom. The molecule has 4 N–H and O–H groups in total. The average Bonchev–Trinajstić information content (AvgIpc) is 2.94. The van der Waals surface area contributed by atoms with Crippen LogP contribution in [0.4, 0.5) is 18.9 Å². The molecule has 1 fully saturated rings. The van der Waals surface area contributed by atoms with E-state index in [4.69, 9.17) is 16.2 Å². The number of benzene rings is 1. The van der Waals surface area contributed by atoms with E-state index in [1.54, 1.807) is 0 Å². The average molecular weight is 246 g/mol. The van der Waals surface area contributed by atoms with Crippen LogP contribution in [-0.4, -0.2) is 12.1 Å². The van der Waals surface area contributed by atoms with Crippen LogP contribution < -0.4 is 16.2 Å². The molecule has 17 heavy (non-hydrogen) atoms. The molecule has 1 aromatic carbocycles. The number of ether oxygens (including phenoxy) is 1. The Labute approximate surface area is 96.5 Å². The van der Waals surface area contributed by atoms with Crippen molar-refractivity contribution in [3.8, 4) is 5.75 Å². The Hall–Kier alpha value is -1.43. The first kappa shape index (κ1) is 12.0. The summed E-state index contributed by atoms with van der Waals surface area (Å²) in [5, 5.41) is 0. The van der Waals surface area contributed by atoms with Gasteiger partial charge in [0.15, 0.2) is 0 Å². The standard InChI is InChI=1S/C11H13F3N2O/c12-11(13,14)7-1-2-9(8(15)5-7)17-6-10(16)3-4-10/h1-2,5H,3-4,6,15-16H2. The van der Waals surface area contributed by atoms with Crippen molar-refractivity contribution in [2.24, 2.45) is 5.73 Å². The van der Waals surface area contributed by atoms with Gasteiger partial charge in [-0.15, -0.1) is 0 Å². The maximum Gasteiger partial charge on any atom is 0.416 e. The summed E-state index contributed by atoms with van der Waals surface area (Å²) in [6.07, 6.45) is -2.65. The van der Waals surface area contributed by atoms with Crippen molar-refractivity contribution in [2.75, 3.05) is 12.3 Å². The van der Waals surface area contributed by atoms with Gasteiger partial charge in [-0.2, -0.15) is 13.2 Å². The molecule has 0 atom stereocenters. The summed E-state index contributed by atoms with van der Waals surface area (Å²) in [4.78, 5) is 0. The van der Waals surface area contributed by atoms with Crippen LogP contribution in [0.5, 0.6) is 5.75 Å². The Kier molecular flexibility index (Phi) is 2.69. The lowest BCUT2D eigenvalue weighted by Gasteiger charge is -2.14. The van der Waals surface area contributed by atoms with E-state index in [1.165, 1.54) is 6.07 Å². The lowest BCUT2D eigenvalue weighted by atomic mass is 10.2. The smallest absolute Gasteiger partial charge is 0.416 e. The van der Waals surface area contributed by atoms with Gasteiger partial charge in [-0.05, 0) is 31.0 Å². The minimum absolute atomic E-state index is 0.0240. The van der Waals surface area contributed by atoms with Crippen molar-refractivity contribution >= 4 is 5.69 Å². The maximum absolute atomic E-state index is 12.4. The number of halogens is 3. The minimum Gasteiger partial charge on any atom is -0.490 e. The summed E-state index contributed by atoms with van der Waals surface area (Å²) in [5.41, 5.74) is 10.2. The molecule has 0 aliphatic heterocycles. The molecule has 0 spiro atoms. The summed E-state index contributed by atoms with van der Waals surface area (Å²) in [7, 11) is 0. The topological polar surface area (TPSA) is 61.3 Å². The van der Waals surface area contributed by atoms with E-state index in [-0.39, 0.29) is 23.6 Å². The summed E-state index contributed by atoms with van der Waals surface area (Å²) < 4.78 is 42.4. The molecular formula is C11H13F3N2O. The maximum atomic E-state index is 12.4. The van der Waals surface area contributed by atoms with Crippen LogP contribution in [0.25, 0.3) is 0 Å². The summed E-state index contributed by atoms with van der Waals surface area (Å²) >= 11 is 0. The lowest BCUT2D eigenvalue weighted by Crippen LogP contribution is -2.29. The Morgan fingerprint density at radius 1 is 1.29 bits per heavy atom. The first-order chi connectivity index (χ1) is 7.80. The SMILES string of the molecule is Nc1cc(C(F)(F)F)ccc1OCC1(N)CC1. The monoisotopic (exact) mass is 246 g/mol. The van der Waals surface area contributed by atoms with E-state index < -0.39 is 11.7 Å². The molecule has 0 unspecified atom stereocenters. The Balaban J connectivity index is 2.09. The zero-order valence-corrected chi connectivity index (χ0v) is 9.05. The number of rotatable bonds is 3. The number of hydrogen-bond donors (Lipinski definition) is 2. The van der Waals surface area contributed by atoms with Gasteiger partial charge in [0.25, 0.3) is 0 Å². The van der Waals surface area contributed by atoms with E-state index in [0.717, 1.165) is 25.0 Å². The molecular weight excluding hydrogens is 233 g/mol. The molecule has 1 saturated carbocycles. The van der Waals surface area contributed by atoms with Gasteiger partial charge in [-0.3, -0.25) is 0 Å². The molecule has 0 radical (unpaired) electrons. The molecule has 0 bridgehead atoms. The molecule has 2 rings (SSSR count). The zero-order valence-electron chi connectivity index (χ0n) is 9.05. The van der Waals surface area contributed by atoms with Gasteiger partial charge in [0.05, 0.1) is 16.8 Å². The molecule has 0 heterocycles. The normalized spacial score (nSPS) is 17.9. The van der Waals surface area contributed by atoms with Gasteiger partial charge in [-0.25, -0.2) is 0 Å². The van der Waals surface area contributed by atoms with Crippen LogP contribution in [0.2, 0.25) is 0 Å². The minimum atomic E-state index is -4.39. The van der Waals surface area contributed by atoms with Gasteiger partial charge >= 0.3 is 6.18 Å². The van der Waals surface area contributed by atoms with Gasteiger partial charge < -0.3 is 16.2 Å². The summed E-state index contributed by atoms with van der Waals surface area (Å²) in [6.45, 7) is 0.280. The van der Waals surface area contributed by atoms with Crippen molar-refractivity contribution in [1.29, 1.82) is 0 Å². The van der Waals surface area contributed by atoms with Gasteiger partial charge in [0, 0.05) is 0 Å². The third kappa shape index (κ3) is 2.82. The van der Waals surface area contributed by atoms with Crippen molar-refractivity contribution in [3.05, 3.63) is 23.8 Å². The van der Waals surface area contributed by atoms with Crippen molar-refractivity contribution in [1.82, 2.24) is 0 Å². The van der Waals surface area contributed by atoms with Crippen molar-refractivity contribution in [2.45, 2.75) is 24.6 Å². The van der Waals surface area contributed by atoms with Crippen LogP contribution in [0.1, 0.15) is 18.4 Å². The first-order valence-electron chi connectivity index (χ1n) is 5.19. The van der Waals surface area contributed by atoms with Crippen LogP contribution in [-0.2, 0) is 6.18 Å². The number of alkyl halides is 3. The van der Waals surface area contributed by atoms with E-state index in [2.05, 4.69) is 0 Å². The molecule has 0 saturated heterocycles. The number of nitrogens with two attached hydrogens (primary N) is 2. The number of hydrogen-bond acceptors (Lipinski definition) is 3. The molecule has 1 aliphatic rings. The van der Waals surface area contributed by atoms with Crippen LogP contribution in [0, 0.1) is 0 Å². The first-order valence-corrected chi connectivity index (χ1v) is 5.19. The third-order valence-electron chi connectivity index (χ3n) is 2.74. The van der Waals surface area contributed by atoms with E-state index >= 15 is 0 Å². The largest absolute Gasteiger partial charge is 0.490 e. The van der Waals surface area contributed by atoms with Crippen LogP contribution in [0.15, 0.2) is 18.2 Å². The molecule has 1 aromatic rings. The van der Waals surface area contributed by atoms with E-state index in [1.807, 2.05) is 0 Å². The second-order valence-corrected chi connectivity index (χ2v) is 4.40. The van der Waals surface area contributed by atoms with E-state index in [0.29, 0.717) is 0 Å². The van der Waals surface area contributed by atoms with Gasteiger partial charge in [0.1, 0.15) is 12.4 Å². The Bertz CT molecular complexity index is 427. The fourth-order valence-electron chi connectivity index (χ4n) is 1.38. The highest BCUT2D eigenvalue weighted by Gasteiger charge is 2.39. The lowest BCUT2D eigenvalue weighted by molar-refractivity contribution is -0.137. The molecule has 0 amide bonds. The van der Waals surface area contributed by atoms with Crippen molar-refractivity contribution < 1.29 is 17.9 Å². The predicted octanol–water partition coefficient (Wildman–Crippen LogP) is 2.16. The fraction of sp³-hybridized carbons (Fsp3) is 0.455. The second-order valence-electron chi connectivity index (χ2n) is 4.40. The summed E-state index contributed by atoms with van der Waals surface area (Å²) in [6, 6.07) is 3.04. The molecule has 94 valence electrons. The molecule has 3 nitrogen and oxygen atoms in total. The molecule has 1 aliphatic carbocycles. The van der Waals surface area contributed by atoms with Gasteiger partial charge in [-0.1, -0.05) is 0 Å². The zero-order chi connectivity index (χ0) is 12.7. The second kappa shape index (κ2) is 3.80. The quantitative estimate of drug-likeness (QED) is 0.803. The summed E-state index contributed by atoms with van der Waals surface area (Å²) in [5.74, 6) is 0.245. The van der Waals surface area contributed by atoms with Crippen LogP contribution in [0.3, 0.4) is 0 Å². The molecule has 0 aromatic heterocycles. The van der Waals surface area contributed by atoms with Crippen molar-refractivity contribution in [3.63, 3.8) is 0 Å². The highest BCUT2D eigenvalue weighted by molar-refractivity contribution is 5.54. The van der Waals surface area contributed by atoms with E-state index in [9.17, 15) is 13.2 Å². The highest BCUT2D eigenvalue weighted by atomic mass is 19.4. The third-order valence-corrected chi connectivity index (χ3v) is 2.74. The number of anilines is 1. The Morgan fingerprint density at radius 3 is 2.41 bits per heavy atom. The fourth-order valence-corrected chi connectivity index (χ4v) is 1.38. The highest BCUT2D eigenvalue weighted by Crippen LogP contribution is 2.36. The number of nitrogen functional groups attached to an aromatic ring is 1. The molecule has 6 heteroatoms. The predicted molar refractivity (Wildman–Crippen MR) is 57.5 cm³/mol. The van der Waals surface area contributed by atoms with Crippen LogP contribution >= 0.6 is 0 Å².